The first-order valence-electron chi connectivity index (χ1n) is 6.57. The largest absolute Gasteiger partial charge is 0.477 e. The summed E-state index contributed by atoms with van der Waals surface area (Å²) >= 11 is 0.928. The number of thiophene rings is 1. The lowest BCUT2D eigenvalue weighted by atomic mass is 9.74. The van der Waals surface area contributed by atoms with Crippen LogP contribution in [0.15, 0.2) is 16.3 Å². The van der Waals surface area contributed by atoms with Crippen LogP contribution in [0.2, 0.25) is 0 Å². The van der Waals surface area contributed by atoms with Crippen LogP contribution in [-0.4, -0.2) is 25.5 Å². The fourth-order valence-electron chi connectivity index (χ4n) is 2.63. The van der Waals surface area contributed by atoms with E-state index in [1.807, 2.05) is 13.8 Å². The molecule has 1 heterocycles. The van der Waals surface area contributed by atoms with Gasteiger partial charge in [0, 0.05) is 6.04 Å². The molecule has 2 rings (SSSR count). The van der Waals surface area contributed by atoms with Crippen molar-refractivity contribution in [1.82, 2.24) is 4.72 Å². The van der Waals surface area contributed by atoms with E-state index in [9.17, 15) is 13.2 Å². The maximum absolute atomic E-state index is 12.4. The molecule has 20 heavy (non-hydrogen) atoms. The fourth-order valence-corrected chi connectivity index (χ4v) is 5.33. The van der Waals surface area contributed by atoms with Crippen molar-refractivity contribution in [3.05, 3.63) is 16.3 Å². The third-order valence-electron chi connectivity index (χ3n) is 3.92. The van der Waals surface area contributed by atoms with Gasteiger partial charge in [-0.1, -0.05) is 26.7 Å². The van der Waals surface area contributed by atoms with Gasteiger partial charge in [-0.15, -0.1) is 11.3 Å². The molecule has 0 amide bonds. The van der Waals surface area contributed by atoms with Gasteiger partial charge < -0.3 is 5.11 Å². The average molecular weight is 317 g/mol. The Balaban J connectivity index is 2.27. The van der Waals surface area contributed by atoms with Crippen LogP contribution in [0.5, 0.6) is 0 Å². The predicted molar refractivity (Wildman–Crippen MR) is 77.6 cm³/mol. The van der Waals surface area contributed by atoms with E-state index in [4.69, 9.17) is 5.11 Å². The SMILES string of the molecule is CC1(C)CCCCC1NS(=O)(=O)c1ccsc1C(=O)O. The molecule has 0 aromatic carbocycles. The summed E-state index contributed by atoms with van der Waals surface area (Å²) in [6.07, 6.45) is 3.85. The van der Waals surface area contributed by atoms with E-state index in [0.29, 0.717) is 0 Å². The van der Waals surface area contributed by atoms with Crippen LogP contribution in [0.4, 0.5) is 0 Å². The van der Waals surface area contributed by atoms with Crippen LogP contribution < -0.4 is 4.72 Å². The standard InChI is InChI=1S/C13H19NO4S2/c1-13(2)7-4-3-5-10(13)14-20(17,18)9-6-8-19-11(9)12(15)16/h6,8,10,14H,3-5,7H2,1-2H3,(H,15,16). The number of nitrogens with one attached hydrogen (secondary N) is 1. The lowest BCUT2D eigenvalue weighted by Crippen LogP contribution is -2.46. The predicted octanol–water partition coefficient (Wildman–Crippen LogP) is 2.69. The van der Waals surface area contributed by atoms with Gasteiger partial charge in [0.1, 0.15) is 9.77 Å². The van der Waals surface area contributed by atoms with Crippen LogP contribution in [0.25, 0.3) is 0 Å². The van der Waals surface area contributed by atoms with Gasteiger partial charge >= 0.3 is 5.97 Å². The second-order valence-electron chi connectivity index (χ2n) is 5.83. The van der Waals surface area contributed by atoms with Crippen molar-refractivity contribution in [1.29, 1.82) is 0 Å². The van der Waals surface area contributed by atoms with Crippen LogP contribution in [0, 0.1) is 5.41 Å². The van der Waals surface area contributed by atoms with Crippen molar-refractivity contribution >= 4 is 27.3 Å². The van der Waals surface area contributed by atoms with Crippen LogP contribution in [0.1, 0.15) is 49.2 Å². The first-order valence-corrected chi connectivity index (χ1v) is 8.93. The quantitative estimate of drug-likeness (QED) is 0.894. The molecule has 0 bridgehead atoms. The molecule has 5 nitrogen and oxygen atoms in total. The minimum Gasteiger partial charge on any atom is -0.477 e. The third-order valence-corrected chi connectivity index (χ3v) is 6.46. The summed E-state index contributed by atoms with van der Waals surface area (Å²) in [4.78, 5) is 10.8. The van der Waals surface area contributed by atoms with Gasteiger partial charge in [-0.3, -0.25) is 0 Å². The Hall–Kier alpha value is -0.920. The number of carbonyl (C=O) groups is 1. The monoisotopic (exact) mass is 317 g/mol. The zero-order chi connectivity index (χ0) is 15.0. The molecule has 0 aliphatic heterocycles. The highest BCUT2D eigenvalue weighted by atomic mass is 32.2. The van der Waals surface area contributed by atoms with Gasteiger partial charge in [-0.05, 0) is 29.7 Å². The second-order valence-corrected chi connectivity index (χ2v) is 8.43. The topological polar surface area (TPSA) is 83.5 Å². The van der Waals surface area contributed by atoms with Crippen molar-refractivity contribution in [2.24, 2.45) is 5.41 Å². The van der Waals surface area contributed by atoms with Crippen LogP contribution in [-0.2, 0) is 10.0 Å². The Bertz CT molecular complexity index is 604. The second kappa shape index (κ2) is 5.46. The van der Waals surface area contributed by atoms with Gasteiger partial charge in [0.25, 0.3) is 0 Å². The summed E-state index contributed by atoms with van der Waals surface area (Å²) in [5.74, 6) is -1.21. The lowest BCUT2D eigenvalue weighted by Gasteiger charge is -2.38. The number of rotatable bonds is 4. The summed E-state index contributed by atoms with van der Waals surface area (Å²) < 4.78 is 27.5. The molecule has 1 aliphatic carbocycles. The number of hydrogen-bond acceptors (Lipinski definition) is 4. The third kappa shape index (κ3) is 3.05. The first-order chi connectivity index (χ1) is 9.24. The number of aromatic carboxylic acids is 1. The van der Waals surface area contributed by atoms with E-state index in [0.717, 1.165) is 37.0 Å². The molecule has 0 spiro atoms. The highest BCUT2D eigenvalue weighted by molar-refractivity contribution is 7.89. The number of hydrogen-bond donors (Lipinski definition) is 2. The van der Waals surface area contributed by atoms with E-state index in [-0.39, 0.29) is 21.2 Å². The molecule has 0 radical (unpaired) electrons. The lowest BCUT2D eigenvalue weighted by molar-refractivity contribution is 0.0698. The van der Waals surface area contributed by atoms with Crippen molar-refractivity contribution in [2.75, 3.05) is 0 Å². The summed E-state index contributed by atoms with van der Waals surface area (Å²) in [7, 11) is -3.78. The molecular formula is C13H19NO4S2. The van der Waals surface area contributed by atoms with Gasteiger partial charge in [-0.25, -0.2) is 17.9 Å². The van der Waals surface area contributed by atoms with Gasteiger partial charge in [0.2, 0.25) is 10.0 Å². The minimum absolute atomic E-state index is 0.106. The molecule has 0 saturated heterocycles. The molecule has 1 saturated carbocycles. The summed E-state index contributed by atoms with van der Waals surface area (Å²) in [5, 5.41) is 10.5. The Kier molecular flexibility index (Phi) is 4.22. The van der Waals surface area contributed by atoms with E-state index in [2.05, 4.69) is 4.72 Å². The molecule has 1 aromatic heterocycles. The molecule has 1 aromatic rings. The van der Waals surface area contributed by atoms with E-state index in [1.54, 1.807) is 0 Å². The number of carboxylic acid groups (broad SMARTS) is 1. The molecule has 1 unspecified atom stereocenters. The minimum atomic E-state index is -3.78. The molecular weight excluding hydrogens is 298 g/mol. The maximum atomic E-state index is 12.4. The average Bonchev–Trinajstić information content (AvgIpc) is 2.81. The molecule has 2 N–H and O–H groups in total. The normalized spacial score (nSPS) is 22.6. The van der Waals surface area contributed by atoms with E-state index < -0.39 is 16.0 Å². The van der Waals surface area contributed by atoms with Crippen molar-refractivity contribution in [3.8, 4) is 0 Å². The Morgan fingerprint density at radius 2 is 2.15 bits per heavy atom. The first kappa shape index (κ1) is 15.5. The molecule has 7 heteroatoms. The van der Waals surface area contributed by atoms with E-state index in [1.165, 1.54) is 11.4 Å². The summed E-state index contributed by atoms with van der Waals surface area (Å²) in [6, 6.07) is 1.20. The van der Waals surface area contributed by atoms with Crippen molar-refractivity contribution in [3.63, 3.8) is 0 Å². The number of sulfonamides is 1. The fraction of sp³-hybridized carbons (Fsp3) is 0.615. The Labute approximate surface area is 123 Å². The Morgan fingerprint density at radius 3 is 2.75 bits per heavy atom. The van der Waals surface area contributed by atoms with Gasteiger partial charge in [-0.2, -0.15) is 0 Å². The highest BCUT2D eigenvalue weighted by Gasteiger charge is 2.36. The molecule has 1 aliphatic rings. The van der Waals surface area contributed by atoms with Gasteiger partial charge in [0.05, 0.1) is 0 Å². The van der Waals surface area contributed by atoms with Crippen molar-refractivity contribution in [2.45, 2.75) is 50.5 Å². The number of carboxylic acids is 1. The smallest absolute Gasteiger partial charge is 0.347 e. The maximum Gasteiger partial charge on any atom is 0.347 e. The van der Waals surface area contributed by atoms with Crippen LogP contribution in [0.3, 0.4) is 0 Å². The molecule has 1 fully saturated rings. The van der Waals surface area contributed by atoms with Crippen LogP contribution >= 0.6 is 11.3 Å². The summed E-state index contributed by atoms with van der Waals surface area (Å²) in [5.41, 5.74) is -0.106. The van der Waals surface area contributed by atoms with Crippen molar-refractivity contribution < 1.29 is 18.3 Å². The molecule has 112 valence electrons. The highest BCUT2D eigenvalue weighted by Crippen LogP contribution is 2.36. The Morgan fingerprint density at radius 1 is 1.45 bits per heavy atom. The zero-order valence-electron chi connectivity index (χ0n) is 11.5. The van der Waals surface area contributed by atoms with Gasteiger partial charge in [0.15, 0.2) is 0 Å². The summed E-state index contributed by atoms with van der Waals surface area (Å²) in [6.45, 7) is 4.09. The van der Waals surface area contributed by atoms with E-state index >= 15 is 0 Å². The zero-order valence-corrected chi connectivity index (χ0v) is 13.2. The molecule has 1 atom stereocenters.